The second-order valence-electron chi connectivity index (χ2n) is 9.00. The monoisotopic (exact) mass is 514 g/mol. The van der Waals surface area contributed by atoms with Crippen molar-refractivity contribution in [1.82, 2.24) is 0 Å². The van der Waals surface area contributed by atoms with Crippen molar-refractivity contribution in [2.24, 2.45) is 11.7 Å². The molecule has 3 aromatic carbocycles. The van der Waals surface area contributed by atoms with E-state index < -0.39 is 11.9 Å². The number of hydrogen-bond donors (Lipinski definition) is 1. The molecule has 1 heterocycles. The van der Waals surface area contributed by atoms with Gasteiger partial charge in [-0.2, -0.15) is 5.26 Å². The van der Waals surface area contributed by atoms with Crippen molar-refractivity contribution in [2.75, 3.05) is 6.61 Å². The first-order chi connectivity index (χ1) is 17.9. The van der Waals surface area contributed by atoms with Gasteiger partial charge in [0.15, 0.2) is 0 Å². The first-order valence-corrected chi connectivity index (χ1v) is 12.3. The minimum atomic E-state index is -0.570. The third-order valence-electron chi connectivity index (χ3n) is 5.87. The van der Waals surface area contributed by atoms with Crippen LogP contribution in [0.15, 0.2) is 84.3 Å². The summed E-state index contributed by atoms with van der Waals surface area (Å²) in [7, 11) is 0. The van der Waals surface area contributed by atoms with Crippen molar-refractivity contribution < 1.29 is 19.0 Å². The van der Waals surface area contributed by atoms with Crippen LogP contribution in [0, 0.1) is 17.2 Å². The predicted octanol–water partition coefficient (Wildman–Crippen LogP) is 6.60. The molecular formula is C30H27ClN2O4. The van der Waals surface area contributed by atoms with Gasteiger partial charge in [0.2, 0.25) is 5.88 Å². The Morgan fingerprint density at radius 1 is 1.14 bits per heavy atom. The number of rotatable bonds is 8. The van der Waals surface area contributed by atoms with Gasteiger partial charge in [-0.15, -0.1) is 0 Å². The van der Waals surface area contributed by atoms with Crippen LogP contribution < -0.4 is 19.9 Å². The highest BCUT2D eigenvalue weighted by Crippen LogP contribution is 2.44. The first-order valence-electron chi connectivity index (χ1n) is 11.9. The molecular weight excluding hydrogens is 488 g/mol. The summed E-state index contributed by atoms with van der Waals surface area (Å²) < 4.78 is 17.1. The van der Waals surface area contributed by atoms with Crippen LogP contribution in [0.1, 0.15) is 42.9 Å². The highest BCUT2D eigenvalue weighted by Gasteiger charge is 2.31. The molecule has 1 aliphatic heterocycles. The molecule has 2 N–H and O–H groups in total. The number of fused-ring (bicyclic) bond motifs is 1. The van der Waals surface area contributed by atoms with Crippen LogP contribution in [0.4, 0.5) is 0 Å². The quantitative estimate of drug-likeness (QED) is 0.207. The molecule has 0 saturated carbocycles. The van der Waals surface area contributed by atoms with E-state index in [1.807, 2.05) is 36.4 Å². The third kappa shape index (κ3) is 6.32. The fraction of sp³-hybridized carbons (Fsp3) is 0.200. The van der Waals surface area contributed by atoms with Gasteiger partial charge in [0.1, 0.15) is 28.9 Å². The van der Waals surface area contributed by atoms with Crippen molar-refractivity contribution in [3.63, 3.8) is 0 Å². The number of halogens is 1. The Morgan fingerprint density at radius 3 is 2.70 bits per heavy atom. The Bertz CT molecular complexity index is 1400. The number of nitrogens with two attached hydrogens (primary N) is 1. The van der Waals surface area contributed by atoms with E-state index >= 15 is 0 Å². The molecule has 3 aromatic rings. The van der Waals surface area contributed by atoms with Crippen LogP contribution in [-0.4, -0.2) is 12.6 Å². The van der Waals surface area contributed by atoms with Crippen LogP contribution >= 0.6 is 11.6 Å². The maximum Gasteiger partial charge on any atom is 0.336 e. The summed E-state index contributed by atoms with van der Waals surface area (Å²) in [6, 6.07) is 22.0. The second-order valence-corrected chi connectivity index (χ2v) is 9.41. The number of benzene rings is 3. The average molecular weight is 515 g/mol. The van der Waals surface area contributed by atoms with E-state index in [-0.39, 0.29) is 11.6 Å². The van der Waals surface area contributed by atoms with Crippen LogP contribution in [0.25, 0.3) is 6.08 Å². The van der Waals surface area contributed by atoms with E-state index in [1.54, 1.807) is 36.4 Å². The van der Waals surface area contributed by atoms with Gasteiger partial charge in [-0.05, 0) is 53.8 Å². The molecule has 37 heavy (non-hydrogen) atoms. The summed E-state index contributed by atoms with van der Waals surface area (Å²) in [5.41, 5.74) is 8.72. The molecule has 0 fully saturated rings. The van der Waals surface area contributed by atoms with Gasteiger partial charge in [-0.3, -0.25) is 0 Å². The van der Waals surface area contributed by atoms with Crippen molar-refractivity contribution in [3.8, 4) is 23.3 Å². The maximum absolute atomic E-state index is 12.4. The SMILES string of the molecule is CC(C)CCOc1cccc(C2C(C#N)=C(N)Oc3cc(OC(=O)/C=C/c4ccccc4Cl)ccc32)c1. The number of ether oxygens (including phenoxy) is 3. The van der Waals surface area contributed by atoms with Crippen LogP contribution in [-0.2, 0) is 4.79 Å². The molecule has 0 radical (unpaired) electrons. The molecule has 0 saturated heterocycles. The fourth-order valence-electron chi connectivity index (χ4n) is 3.96. The molecule has 0 amide bonds. The molecule has 0 aromatic heterocycles. The lowest BCUT2D eigenvalue weighted by Crippen LogP contribution is -2.21. The lowest BCUT2D eigenvalue weighted by atomic mass is 9.83. The van der Waals surface area contributed by atoms with Gasteiger partial charge in [0.25, 0.3) is 0 Å². The van der Waals surface area contributed by atoms with Gasteiger partial charge in [-0.25, -0.2) is 4.79 Å². The normalized spacial score (nSPS) is 14.7. The molecule has 0 aliphatic carbocycles. The van der Waals surface area contributed by atoms with E-state index in [0.29, 0.717) is 34.4 Å². The molecule has 1 unspecified atom stereocenters. The van der Waals surface area contributed by atoms with Crippen molar-refractivity contribution in [2.45, 2.75) is 26.2 Å². The van der Waals surface area contributed by atoms with Gasteiger partial charge in [0.05, 0.1) is 12.5 Å². The number of allylic oxidation sites excluding steroid dienone is 1. The van der Waals surface area contributed by atoms with E-state index in [9.17, 15) is 10.1 Å². The van der Waals surface area contributed by atoms with Gasteiger partial charge >= 0.3 is 5.97 Å². The van der Waals surface area contributed by atoms with Crippen molar-refractivity contribution in [1.29, 1.82) is 5.26 Å². The lowest BCUT2D eigenvalue weighted by molar-refractivity contribution is -0.128. The van der Waals surface area contributed by atoms with E-state index in [2.05, 4.69) is 19.9 Å². The molecule has 188 valence electrons. The molecule has 6 nitrogen and oxygen atoms in total. The largest absolute Gasteiger partial charge is 0.494 e. The Balaban J connectivity index is 1.57. The highest BCUT2D eigenvalue weighted by molar-refractivity contribution is 6.32. The number of carbonyl (C=O) groups is 1. The highest BCUT2D eigenvalue weighted by atomic mass is 35.5. The van der Waals surface area contributed by atoms with E-state index in [4.69, 9.17) is 31.5 Å². The van der Waals surface area contributed by atoms with Crippen molar-refractivity contribution in [3.05, 3.63) is 106 Å². The molecule has 4 rings (SSSR count). The molecule has 1 atom stereocenters. The summed E-state index contributed by atoms with van der Waals surface area (Å²) in [6.45, 7) is 4.90. The zero-order chi connectivity index (χ0) is 26.4. The van der Waals surface area contributed by atoms with Gasteiger partial charge in [-0.1, -0.05) is 61.8 Å². The predicted molar refractivity (Wildman–Crippen MR) is 143 cm³/mol. The topological polar surface area (TPSA) is 94.6 Å². The number of nitriles is 1. The molecule has 7 heteroatoms. The number of nitrogens with zero attached hydrogens (tertiary/aromatic N) is 1. The third-order valence-corrected chi connectivity index (χ3v) is 6.21. The van der Waals surface area contributed by atoms with Gasteiger partial charge < -0.3 is 19.9 Å². The number of hydrogen-bond acceptors (Lipinski definition) is 6. The standard InChI is InChI=1S/C30H27ClN2O4/c1-19(2)14-15-35-22-8-5-7-21(16-22)29-24-12-11-23(17-27(24)37-30(33)25(29)18-32)36-28(34)13-10-20-6-3-4-9-26(20)31/h3-13,16-17,19,29H,14-15,33H2,1-2H3/b13-10+. The van der Waals surface area contributed by atoms with E-state index in [0.717, 1.165) is 23.3 Å². The minimum Gasteiger partial charge on any atom is -0.494 e. The molecule has 0 bridgehead atoms. The number of esters is 1. The van der Waals surface area contributed by atoms with Crippen LogP contribution in [0.2, 0.25) is 5.02 Å². The maximum atomic E-state index is 12.4. The smallest absolute Gasteiger partial charge is 0.336 e. The summed E-state index contributed by atoms with van der Waals surface area (Å²) in [6.07, 6.45) is 3.83. The average Bonchev–Trinajstić information content (AvgIpc) is 2.87. The summed E-state index contributed by atoms with van der Waals surface area (Å²) in [5, 5.41) is 10.4. The minimum absolute atomic E-state index is 0.00761. The summed E-state index contributed by atoms with van der Waals surface area (Å²) in [4.78, 5) is 12.4. The Kier molecular flexibility index (Phi) is 8.17. The van der Waals surface area contributed by atoms with E-state index in [1.165, 1.54) is 6.08 Å². The first kappa shape index (κ1) is 25.9. The zero-order valence-electron chi connectivity index (χ0n) is 20.6. The Morgan fingerprint density at radius 2 is 1.95 bits per heavy atom. The number of carbonyl (C=O) groups excluding carboxylic acids is 1. The zero-order valence-corrected chi connectivity index (χ0v) is 21.4. The lowest BCUT2D eigenvalue weighted by Gasteiger charge is -2.27. The Labute approximate surface area is 221 Å². The second kappa shape index (κ2) is 11.7. The summed E-state index contributed by atoms with van der Waals surface area (Å²) in [5.74, 6) is 0.935. The Hall–Kier alpha value is -4.21. The van der Waals surface area contributed by atoms with Crippen LogP contribution in [0.3, 0.4) is 0 Å². The van der Waals surface area contributed by atoms with Gasteiger partial charge in [0, 0.05) is 22.7 Å². The molecule has 0 spiro atoms. The molecule has 1 aliphatic rings. The van der Waals surface area contributed by atoms with Crippen LogP contribution in [0.5, 0.6) is 17.2 Å². The fourth-order valence-corrected chi connectivity index (χ4v) is 4.16. The van der Waals surface area contributed by atoms with Crippen molar-refractivity contribution >= 4 is 23.6 Å². The summed E-state index contributed by atoms with van der Waals surface area (Å²) >= 11 is 6.13.